The summed E-state index contributed by atoms with van der Waals surface area (Å²) < 4.78 is 24.6. The van der Waals surface area contributed by atoms with Gasteiger partial charge in [0.15, 0.2) is 15.0 Å². The Kier molecular flexibility index (Phi) is 3.87. The minimum Gasteiger partial charge on any atom is -0.316 e. The Morgan fingerprint density at radius 2 is 2.19 bits per heavy atom. The number of amidine groups is 1. The van der Waals surface area contributed by atoms with E-state index in [0.717, 1.165) is 10.2 Å². The zero-order chi connectivity index (χ0) is 15.2. The lowest BCUT2D eigenvalue weighted by atomic mass is 10.2. The van der Waals surface area contributed by atoms with E-state index in [2.05, 4.69) is 20.9 Å². The summed E-state index contributed by atoms with van der Waals surface area (Å²) in [5, 5.41) is 0.526. The molecule has 0 aliphatic carbocycles. The van der Waals surface area contributed by atoms with Crippen LogP contribution in [-0.2, 0) is 14.6 Å². The molecule has 0 unspecified atom stereocenters. The number of benzene rings is 1. The zero-order valence-corrected chi connectivity index (χ0v) is 14.4. The number of carbonyl (C=O) groups is 1. The van der Waals surface area contributed by atoms with E-state index in [1.54, 1.807) is 0 Å². The van der Waals surface area contributed by atoms with Gasteiger partial charge in [0, 0.05) is 22.3 Å². The predicted molar refractivity (Wildman–Crippen MR) is 88.6 cm³/mol. The molecule has 21 heavy (non-hydrogen) atoms. The number of amides is 1. The third-order valence-corrected chi connectivity index (χ3v) is 7.11. The fourth-order valence-electron chi connectivity index (χ4n) is 2.63. The van der Waals surface area contributed by atoms with Crippen molar-refractivity contribution >= 4 is 54.3 Å². The van der Waals surface area contributed by atoms with E-state index in [9.17, 15) is 13.2 Å². The van der Waals surface area contributed by atoms with Crippen molar-refractivity contribution in [3.05, 3.63) is 28.7 Å². The first-order chi connectivity index (χ1) is 9.85. The number of hydrogen-bond donors (Lipinski definition) is 0. The van der Waals surface area contributed by atoms with Crippen LogP contribution in [0.1, 0.15) is 6.92 Å². The van der Waals surface area contributed by atoms with Gasteiger partial charge in [0.25, 0.3) is 0 Å². The van der Waals surface area contributed by atoms with Gasteiger partial charge in [0.05, 0.1) is 17.5 Å². The molecule has 0 bridgehead atoms. The molecule has 0 saturated carbocycles. The maximum atomic E-state index is 11.9. The predicted octanol–water partition coefficient (Wildman–Crippen LogP) is 2.07. The van der Waals surface area contributed by atoms with E-state index < -0.39 is 9.84 Å². The quantitative estimate of drug-likeness (QED) is 0.736. The second-order valence-electron chi connectivity index (χ2n) is 5.06. The topological polar surface area (TPSA) is 66.8 Å². The van der Waals surface area contributed by atoms with Crippen molar-refractivity contribution in [1.82, 2.24) is 0 Å². The van der Waals surface area contributed by atoms with E-state index in [-0.39, 0.29) is 28.7 Å². The van der Waals surface area contributed by atoms with E-state index >= 15 is 0 Å². The molecule has 0 N–H and O–H groups in total. The monoisotopic (exact) mass is 388 g/mol. The Morgan fingerprint density at radius 1 is 1.43 bits per heavy atom. The van der Waals surface area contributed by atoms with Gasteiger partial charge in [-0.2, -0.15) is 4.99 Å². The van der Waals surface area contributed by atoms with Gasteiger partial charge in [-0.05, 0) is 18.2 Å². The Morgan fingerprint density at radius 3 is 2.86 bits per heavy atom. The number of sulfone groups is 1. The van der Waals surface area contributed by atoms with E-state index in [0.29, 0.717) is 5.17 Å². The van der Waals surface area contributed by atoms with Gasteiger partial charge < -0.3 is 4.90 Å². The molecule has 1 amide bonds. The van der Waals surface area contributed by atoms with Crippen LogP contribution in [-0.4, -0.2) is 42.3 Å². The van der Waals surface area contributed by atoms with Gasteiger partial charge in [-0.3, -0.25) is 4.79 Å². The lowest BCUT2D eigenvalue weighted by Crippen LogP contribution is -2.37. The summed E-state index contributed by atoms with van der Waals surface area (Å²) >= 11 is 4.80. The SMILES string of the molecule is CC(=O)N=C1S[C@H]2CS(=O)(=O)C[C@@H]2N1c1cccc(Br)c1. The summed E-state index contributed by atoms with van der Waals surface area (Å²) in [7, 11) is -3.02. The van der Waals surface area contributed by atoms with Crippen LogP contribution >= 0.6 is 27.7 Å². The van der Waals surface area contributed by atoms with Gasteiger partial charge in [0.2, 0.25) is 5.91 Å². The minimum atomic E-state index is -3.02. The molecular weight excluding hydrogens is 376 g/mol. The third kappa shape index (κ3) is 3.02. The van der Waals surface area contributed by atoms with Crippen LogP contribution in [0.2, 0.25) is 0 Å². The summed E-state index contributed by atoms with van der Waals surface area (Å²) in [6.45, 7) is 1.40. The number of fused-ring (bicyclic) bond motifs is 1. The maximum Gasteiger partial charge on any atom is 0.244 e. The van der Waals surface area contributed by atoms with Crippen molar-refractivity contribution in [3.63, 3.8) is 0 Å². The molecular formula is C13H13BrN2O3S2. The van der Waals surface area contributed by atoms with Crippen LogP contribution in [0.25, 0.3) is 0 Å². The van der Waals surface area contributed by atoms with Crippen molar-refractivity contribution in [2.24, 2.45) is 4.99 Å². The number of anilines is 1. The Labute approximate surface area is 135 Å². The Hall–Kier alpha value is -0.860. The molecule has 2 fully saturated rings. The van der Waals surface area contributed by atoms with Crippen molar-refractivity contribution in [2.75, 3.05) is 16.4 Å². The largest absolute Gasteiger partial charge is 0.316 e. The first kappa shape index (κ1) is 15.1. The number of aliphatic imine (C=N–C) groups is 1. The van der Waals surface area contributed by atoms with E-state index in [4.69, 9.17) is 0 Å². The highest BCUT2D eigenvalue weighted by atomic mass is 79.9. The first-order valence-corrected chi connectivity index (χ1v) is 9.86. The number of nitrogens with zero attached hydrogens (tertiary/aromatic N) is 2. The number of halogens is 1. The van der Waals surface area contributed by atoms with Crippen LogP contribution in [0.3, 0.4) is 0 Å². The summed E-state index contributed by atoms with van der Waals surface area (Å²) in [4.78, 5) is 17.3. The normalized spacial score (nSPS) is 28.9. The second-order valence-corrected chi connectivity index (χ2v) is 9.34. The Balaban J connectivity index is 2.05. The highest BCUT2D eigenvalue weighted by molar-refractivity contribution is 9.10. The fraction of sp³-hybridized carbons (Fsp3) is 0.385. The highest BCUT2D eigenvalue weighted by Crippen LogP contribution is 2.41. The van der Waals surface area contributed by atoms with Gasteiger partial charge in [-0.1, -0.05) is 33.8 Å². The number of carbonyl (C=O) groups excluding carboxylic acids is 1. The zero-order valence-electron chi connectivity index (χ0n) is 11.2. The van der Waals surface area contributed by atoms with Crippen LogP contribution in [0.5, 0.6) is 0 Å². The molecule has 112 valence electrons. The average Bonchev–Trinajstić information content (AvgIpc) is 2.79. The van der Waals surface area contributed by atoms with Gasteiger partial charge >= 0.3 is 0 Å². The highest BCUT2D eigenvalue weighted by Gasteiger charge is 2.49. The van der Waals surface area contributed by atoms with Crippen molar-refractivity contribution in [2.45, 2.75) is 18.2 Å². The fourth-order valence-corrected chi connectivity index (χ4v) is 6.97. The molecule has 2 aliphatic rings. The molecule has 3 rings (SSSR count). The van der Waals surface area contributed by atoms with Gasteiger partial charge in [-0.15, -0.1) is 0 Å². The number of hydrogen-bond acceptors (Lipinski definition) is 4. The molecule has 2 heterocycles. The Bertz CT molecular complexity index is 733. The lowest BCUT2D eigenvalue weighted by Gasteiger charge is -2.24. The van der Waals surface area contributed by atoms with Crippen molar-refractivity contribution in [1.29, 1.82) is 0 Å². The summed E-state index contributed by atoms with van der Waals surface area (Å²) in [5.41, 5.74) is 0.849. The first-order valence-electron chi connectivity index (χ1n) is 6.37. The number of rotatable bonds is 1. The van der Waals surface area contributed by atoms with E-state index in [1.807, 2.05) is 29.2 Å². The molecule has 2 aliphatic heterocycles. The summed E-state index contributed by atoms with van der Waals surface area (Å²) in [6, 6.07) is 7.42. The molecule has 2 atom stereocenters. The van der Waals surface area contributed by atoms with Gasteiger partial charge in [0.1, 0.15) is 0 Å². The second kappa shape index (κ2) is 5.40. The summed E-state index contributed by atoms with van der Waals surface area (Å²) in [5.74, 6) is -0.0296. The molecule has 1 aromatic rings. The molecule has 5 nitrogen and oxygen atoms in total. The molecule has 0 aromatic heterocycles. The molecule has 0 radical (unpaired) electrons. The average molecular weight is 389 g/mol. The maximum absolute atomic E-state index is 11.9. The number of thioether (sulfide) groups is 1. The van der Waals surface area contributed by atoms with Crippen LogP contribution in [0.4, 0.5) is 5.69 Å². The van der Waals surface area contributed by atoms with Crippen molar-refractivity contribution in [3.8, 4) is 0 Å². The van der Waals surface area contributed by atoms with Gasteiger partial charge in [-0.25, -0.2) is 8.42 Å². The van der Waals surface area contributed by atoms with E-state index in [1.165, 1.54) is 18.7 Å². The van der Waals surface area contributed by atoms with Crippen LogP contribution in [0.15, 0.2) is 33.7 Å². The van der Waals surface area contributed by atoms with Crippen LogP contribution in [0, 0.1) is 0 Å². The minimum absolute atomic E-state index is 0.0629. The molecule has 8 heteroatoms. The lowest BCUT2D eigenvalue weighted by molar-refractivity contribution is -0.115. The standard InChI is InChI=1S/C13H13BrN2O3S2/c1-8(17)15-13-16(10-4-2-3-9(14)5-10)11-6-21(18,19)7-12(11)20-13/h2-5,11-12H,6-7H2,1H3/t11-,12-/m0/s1. The molecule has 1 aromatic carbocycles. The van der Waals surface area contributed by atoms with Crippen molar-refractivity contribution < 1.29 is 13.2 Å². The molecule has 0 spiro atoms. The summed E-state index contributed by atoms with van der Waals surface area (Å²) in [6.07, 6.45) is 0. The molecule has 2 saturated heterocycles. The van der Waals surface area contributed by atoms with Crippen LogP contribution < -0.4 is 4.90 Å². The third-order valence-electron chi connectivity index (χ3n) is 3.41. The smallest absolute Gasteiger partial charge is 0.244 e.